The summed E-state index contributed by atoms with van der Waals surface area (Å²) < 4.78 is 10.1. The Morgan fingerprint density at radius 1 is 1.38 bits per heavy atom. The molecule has 0 aliphatic carbocycles. The van der Waals surface area contributed by atoms with E-state index in [9.17, 15) is 14.9 Å². The van der Waals surface area contributed by atoms with E-state index in [0.717, 1.165) is 6.07 Å². The van der Waals surface area contributed by atoms with Crippen molar-refractivity contribution in [2.24, 2.45) is 5.73 Å². The molecule has 0 bridgehead atoms. The van der Waals surface area contributed by atoms with Gasteiger partial charge in [-0.3, -0.25) is 14.9 Å². The molecule has 0 aliphatic rings. The Kier molecular flexibility index (Phi) is 5.92. The van der Waals surface area contributed by atoms with Gasteiger partial charge in [-0.15, -0.1) is 0 Å². The van der Waals surface area contributed by atoms with Crippen LogP contribution in [-0.4, -0.2) is 37.6 Å². The van der Waals surface area contributed by atoms with Gasteiger partial charge in [-0.1, -0.05) is 6.92 Å². The Bertz CT molecular complexity index is 533. The van der Waals surface area contributed by atoms with Crippen LogP contribution in [0, 0.1) is 10.1 Å². The molecule has 0 radical (unpaired) electrons. The van der Waals surface area contributed by atoms with E-state index < -0.39 is 10.8 Å². The quantitative estimate of drug-likeness (QED) is 0.574. The smallest absolute Gasteiger partial charge is 0.286 e. The highest BCUT2D eigenvalue weighted by atomic mass is 16.6. The van der Waals surface area contributed by atoms with E-state index in [1.807, 2.05) is 6.92 Å². The van der Waals surface area contributed by atoms with Gasteiger partial charge in [0.1, 0.15) is 5.56 Å². The highest BCUT2D eigenvalue weighted by Gasteiger charge is 2.24. The number of nitrogens with one attached hydrogen (secondary N) is 1. The summed E-state index contributed by atoms with van der Waals surface area (Å²) in [6.07, 6.45) is 0.689. The van der Waals surface area contributed by atoms with E-state index in [2.05, 4.69) is 5.32 Å². The molecule has 0 spiro atoms. The van der Waals surface area contributed by atoms with E-state index in [1.165, 1.54) is 20.3 Å². The van der Waals surface area contributed by atoms with Crippen LogP contribution < -0.4 is 20.5 Å². The third kappa shape index (κ3) is 4.06. The van der Waals surface area contributed by atoms with E-state index in [1.54, 1.807) is 0 Å². The first-order chi connectivity index (χ1) is 9.94. The molecule has 8 nitrogen and oxygen atoms in total. The van der Waals surface area contributed by atoms with Gasteiger partial charge in [-0.25, -0.2) is 0 Å². The molecule has 116 valence electrons. The van der Waals surface area contributed by atoms with Crippen LogP contribution in [0.2, 0.25) is 0 Å². The Morgan fingerprint density at radius 3 is 2.43 bits per heavy atom. The van der Waals surface area contributed by atoms with E-state index in [-0.39, 0.29) is 35.3 Å². The van der Waals surface area contributed by atoms with Crippen molar-refractivity contribution in [3.05, 3.63) is 27.8 Å². The molecule has 8 heteroatoms. The predicted molar refractivity (Wildman–Crippen MR) is 76.8 cm³/mol. The van der Waals surface area contributed by atoms with Crippen molar-refractivity contribution in [2.45, 2.75) is 19.4 Å². The topological polar surface area (TPSA) is 117 Å². The van der Waals surface area contributed by atoms with Gasteiger partial charge in [0.25, 0.3) is 11.6 Å². The SMILES string of the molecule is CCC(N)CNC(=O)c1cc(OC)c(OC)cc1[N+](=O)[O-]. The normalized spacial score (nSPS) is 11.6. The lowest BCUT2D eigenvalue weighted by molar-refractivity contribution is -0.385. The maximum atomic E-state index is 12.1. The number of amides is 1. The van der Waals surface area contributed by atoms with Crippen molar-refractivity contribution in [3.63, 3.8) is 0 Å². The molecule has 21 heavy (non-hydrogen) atoms. The third-order valence-corrected chi connectivity index (χ3v) is 2.99. The van der Waals surface area contributed by atoms with E-state index in [4.69, 9.17) is 15.2 Å². The molecular formula is C13H19N3O5. The molecule has 0 saturated carbocycles. The summed E-state index contributed by atoms with van der Waals surface area (Å²) in [4.78, 5) is 22.5. The first-order valence-corrected chi connectivity index (χ1v) is 6.38. The zero-order valence-corrected chi connectivity index (χ0v) is 12.2. The highest BCUT2D eigenvalue weighted by Crippen LogP contribution is 2.34. The number of nitro groups is 1. The number of nitro benzene ring substituents is 1. The van der Waals surface area contributed by atoms with Crippen LogP contribution in [0.5, 0.6) is 11.5 Å². The molecule has 1 rings (SSSR count). The Balaban J connectivity index is 3.14. The standard InChI is InChI=1S/C13H19N3O5/c1-4-8(14)7-15-13(17)9-5-11(20-2)12(21-3)6-10(9)16(18)19/h5-6,8H,4,7,14H2,1-3H3,(H,15,17). The average molecular weight is 297 g/mol. The van der Waals surface area contributed by atoms with Crippen LogP contribution in [0.15, 0.2) is 12.1 Å². The number of carbonyl (C=O) groups is 1. The van der Waals surface area contributed by atoms with Crippen molar-refractivity contribution in [2.75, 3.05) is 20.8 Å². The van der Waals surface area contributed by atoms with Gasteiger partial charge >= 0.3 is 0 Å². The third-order valence-electron chi connectivity index (χ3n) is 2.99. The number of benzene rings is 1. The summed E-state index contributed by atoms with van der Waals surface area (Å²) in [5.74, 6) is -0.148. The average Bonchev–Trinajstić information content (AvgIpc) is 2.50. The van der Waals surface area contributed by atoms with Gasteiger partial charge in [0.2, 0.25) is 0 Å². The van der Waals surface area contributed by atoms with E-state index in [0.29, 0.717) is 6.42 Å². The minimum Gasteiger partial charge on any atom is -0.493 e. The Morgan fingerprint density at radius 2 is 1.95 bits per heavy atom. The molecular weight excluding hydrogens is 278 g/mol. The van der Waals surface area contributed by atoms with Crippen LogP contribution in [-0.2, 0) is 0 Å². The number of hydrogen-bond donors (Lipinski definition) is 2. The fourth-order valence-electron chi connectivity index (χ4n) is 1.66. The molecule has 0 aromatic heterocycles. The molecule has 1 amide bonds. The Hall–Kier alpha value is -2.35. The van der Waals surface area contributed by atoms with E-state index >= 15 is 0 Å². The predicted octanol–water partition coefficient (Wildman–Crippen LogP) is 1.08. The number of carbonyl (C=O) groups excluding carboxylic acids is 1. The molecule has 0 aliphatic heterocycles. The van der Waals surface area contributed by atoms with Crippen LogP contribution in [0.4, 0.5) is 5.69 Å². The fraction of sp³-hybridized carbons (Fsp3) is 0.462. The molecule has 1 atom stereocenters. The first kappa shape index (κ1) is 16.7. The number of methoxy groups -OCH3 is 2. The summed E-state index contributed by atoms with van der Waals surface area (Å²) in [6, 6.07) is 2.24. The second kappa shape index (κ2) is 7.44. The van der Waals surface area contributed by atoms with Crippen molar-refractivity contribution >= 4 is 11.6 Å². The van der Waals surface area contributed by atoms with Crippen molar-refractivity contribution < 1.29 is 19.2 Å². The second-order valence-electron chi connectivity index (χ2n) is 4.36. The lowest BCUT2D eigenvalue weighted by Crippen LogP contribution is -2.36. The monoisotopic (exact) mass is 297 g/mol. The summed E-state index contributed by atoms with van der Waals surface area (Å²) in [7, 11) is 2.75. The zero-order valence-electron chi connectivity index (χ0n) is 12.2. The molecule has 0 saturated heterocycles. The minimum atomic E-state index is -0.642. The van der Waals surface area contributed by atoms with Gasteiger partial charge in [-0.2, -0.15) is 0 Å². The lowest BCUT2D eigenvalue weighted by Gasteiger charge is -2.12. The maximum Gasteiger partial charge on any atom is 0.286 e. The molecule has 0 heterocycles. The number of rotatable bonds is 7. The summed E-state index contributed by atoms with van der Waals surface area (Å²) >= 11 is 0. The summed E-state index contributed by atoms with van der Waals surface area (Å²) in [6.45, 7) is 2.12. The highest BCUT2D eigenvalue weighted by molar-refractivity contribution is 5.99. The number of ether oxygens (including phenoxy) is 2. The van der Waals surface area contributed by atoms with Crippen LogP contribution in [0.25, 0.3) is 0 Å². The van der Waals surface area contributed by atoms with Crippen molar-refractivity contribution in [1.29, 1.82) is 0 Å². The van der Waals surface area contributed by atoms with Gasteiger partial charge in [0.05, 0.1) is 25.2 Å². The lowest BCUT2D eigenvalue weighted by atomic mass is 10.1. The summed E-state index contributed by atoms with van der Waals surface area (Å²) in [5, 5.41) is 13.7. The van der Waals surface area contributed by atoms with Crippen molar-refractivity contribution in [1.82, 2.24) is 5.32 Å². The number of hydrogen-bond acceptors (Lipinski definition) is 6. The molecule has 1 aromatic rings. The number of nitrogens with zero attached hydrogens (tertiary/aromatic N) is 1. The van der Waals surface area contributed by atoms with Gasteiger partial charge in [0, 0.05) is 18.7 Å². The zero-order chi connectivity index (χ0) is 16.0. The van der Waals surface area contributed by atoms with Crippen LogP contribution >= 0.6 is 0 Å². The number of nitrogens with two attached hydrogens (primary N) is 1. The van der Waals surface area contributed by atoms with Gasteiger partial charge in [0.15, 0.2) is 11.5 Å². The molecule has 3 N–H and O–H groups in total. The van der Waals surface area contributed by atoms with Crippen LogP contribution in [0.1, 0.15) is 23.7 Å². The van der Waals surface area contributed by atoms with Crippen LogP contribution in [0.3, 0.4) is 0 Å². The maximum absolute atomic E-state index is 12.1. The van der Waals surface area contributed by atoms with Gasteiger partial charge in [-0.05, 0) is 6.42 Å². The van der Waals surface area contributed by atoms with Gasteiger partial charge < -0.3 is 20.5 Å². The minimum absolute atomic E-state index is 0.0963. The fourth-order valence-corrected chi connectivity index (χ4v) is 1.66. The largest absolute Gasteiger partial charge is 0.493 e. The molecule has 1 unspecified atom stereocenters. The Labute approximate surface area is 122 Å². The first-order valence-electron chi connectivity index (χ1n) is 6.38. The van der Waals surface area contributed by atoms with Crippen molar-refractivity contribution in [3.8, 4) is 11.5 Å². The second-order valence-corrected chi connectivity index (χ2v) is 4.36. The summed E-state index contributed by atoms with van der Waals surface area (Å²) in [5.41, 5.74) is 5.26. The molecule has 0 fully saturated rings. The molecule has 1 aromatic carbocycles.